The van der Waals surface area contributed by atoms with Gasteiger partial charge in [-0.15, -0.1) is 0 Å². The van der Waals surface area contributed by atoms with Gasteiger partial charge in [-0.1, -0.05) is 33.6 Å². The minimum absolute atomic E-state index is 0.788. The van der Waals surface area contributed by atoms with Gasteiger partial charge >= 0.3 is 0 Å². The monoisotopic (exact) mass is 152 g/mol. The van der Waals surface area contributed by atoms with Gasteiger partial charge in [-0.3, -0.25) is 0 Å². The highest BCUT2D eigenvalue weighted by molar-refractivity contribution is 5.09. The van der Waals surface area contributed by atoms with Gasteiger partial charge in [-0.2, -0.15) is 0 Å². The summed E-state index contributed by atoms with van der Waals surface area (Å²) in [4.78, 5) is 0. The molecule has 2 aliphatic carbocycles. The molecule has 64 valence electrons. The number of fused-ring (bicyclic) bond motifs is 1. The second kappa shape index (κ2) is 2.24. The van der Waals surface area contributed by atoms with Gasteiger partial charge in [0.15, 0.2) is 0 Å². The third-order valence-corrected chi connectivity index (χ3v) is 4.67. The van der Waals surface area contributed by atoms with Crippen molar-refractivity contribution in [1.82, 2.24) is 0 Å². The highest BCUT2D eigenvalue weighted by Crippen LogP contribution is 2.68. The summed E-state index contributed by atoms with van der Waals surface area (Å²) in [6.07, 6.45) is 5.95. The normalized spacial score (nSPS) is 54.3. The van der Waals surface area contributed by atoms with E-state index in [0.717, 1.165) is 23.2 Å². The van der Waals surface area contributed by atoms with E-state index in [1.165, 1.54) is 19.3 Å². The Balaban J connectivity index is 1.97. The average Bonchev–Trinajstić information content (AvgIpc) is 2.02. The maximum Gasteiger partial charge on any atom is -0.0243 e. The van der Waals surface area contributed by atoms with Crippen molar-refractivity contribution in [1.29, 1.82) is 0 Å². The zero-order chi connectivity index (χ0) is 8.06. The van der Waals surface area contributed by atoms with Crippen LogP contribution in [-0.2, 0) is 0 Å². The fourth-order valence-corrected chi connectivity index (χ4v) is 3.48. The van der Waals surface area contributed by atoms with Crippen LogP contribution in [0.5, 0.6) is 0 Å². The molecule has 0 N–H and O–H groups in total. The van der Waals surface area contributed by atoms with Crippen LogP contribution in [0.3, 0.4) is 0 Å². The Morgan fingerprint density at radius 3 is 2.55 bits per heavy atom. The lowest BCUT2D eigenvalue weighted by atomic mass is 9.38. The molecule has 0 heteroatoms. The van der Waals surface area contributed by atoms with Gasteiger partial charge in [0.05, 0.1) is 0 Å². The molecule has 0 spiro atoms. The van der Waals surface area contributed by atoms with Crippen LogP contribution in [0.15, 0.2) is 0 Å². The Bertz CT molecular complexity index is 153. The smallest absolute Gasteiger partial charge is 0.0243 e. The molecule has 0 aromatic rings. The number of hydrogen-bond acceptors (Lipinski definition) is 0. The zero-order valence-corrected chi connectivity index (χ0v) is 8.06. The topological polar surface area (TPSA) is 0 Å². The molecule has 0 aliphatic heterocycles. The quantitative estimate of drug-likeness (QED) is 0.568. The van der Waals surface area contributed by atoms with Gasteiger partial charge in [-0.05, 0) is 36.0 Å². The first-order valence-electron chi connectivity index (χ1n) is 5.19. The SMILES string of the molecule is CCCC1CC2CC(C)C12C. The van der Waals surface area contributed by atoms with Gasteiger partial charge in [0.2, 0.25) is 0 Å². The van der Waals surface area contributed by atoms with E-state index in [-0.39, 0.29) is 0 Å². The average molecular weight is 152 g/mol. The molecular weight excluding hydrogens is 132 g/mol. The maximum absolute atomic E-state index is 2.52. The van der Waals surface area contributed by atoms with E-state index >= 15 is 0 Å². The van der Waals surface area contributed by atoms with Crippen molar-refractivity contribution in [2.45, 2.75) is 46.5 Å². The molecule has 0 nitrogen and oxygen atoms in total. The Hall–Kier alpha value is 0. The van der Waals surface area contributed by atoms with Crippen molar-refractivity contribution in [3.8, 4) is 0 Å². The Morgan fingerprint density at radius 2 is 2.09 bits per heavy atom. The van der Waals surface area contributed by atoms with Gasteiger partial charge in [0, 0.05) is 0 Å². The van der Waals surface area contributed by atoms with E-state index in [2.05, 4.69) is 20.8 Å². The summed E-state index contributed by atoms with van der Waals surface area (Å²) in [5.74, 6) is 3.23. The molecule has 4 unspecified atom stereocenters. The Kier molecular flexibility index (Phi) is 1.56. The second-order valence-corrected chi connectivity index (χ2v) is 4.92. The summed E-state index contributed by atoms with van der Waals surface area (Å²) in [6.45, 7) is 7.29. The zero-order valence-electron chi connectivity index (χ0n) is 8.06. The standard InChI is InChI=1S/C11H20/c1-4-5-9-7-10-6-8(2)11(9,10)3/h8-10H,4-7H2,1-3H3. The molecule has 4 atom stereocenters. The van der Waals surface area contributed by atoms with Crippen LogP contribution >= 0.6 is 0 Å². The van der Waals surface area contributed by atoms with Crippen LogP contribution in [0.1, 0.15) is 46.5 Å². The van der Waals surface area contributed by atoms with Crippen LogP contribution < -0.4 is 0 Å². The summed E-state index contributed by atoms with van der Waals surface area (Å²) in [6, 6.07) is 0. The van der Waals surface area contributed by atoms with E-state index in [9.17, 15) is 0 Å². The third-order valence-electron chi connectivity index (χ3n) is 4.67. The fraction of sp³-hybridized carbons (Fsp3) is 1.00. The predicted molar refractivity (Wildman–Crippen MR) is 48.4 cm³/mol. The molecule has 0 saturated heterocycles. The molecule has 0 radical (unpaired) electrons. The van der Waals surface area contributed by atoms with Crippen molar-refractivity contribution in [3.05, 3.63) is 0 Å². The number of hydrogen-bond donors (Lipinski definition) is 0. The summed E-state index contributed by atoms with van der Waals surface area (Å²) in [5, 5.41) is 0. The van der Waals surface area contributed by atoms with E-state index in [1.54, 1.807) is 6.42 Å². The molecule has 2 fully saturated rings. The fourth-order valence-electron chi connectivity index (χ4n) is 3.48. The highest BCUT2D eigenvalue weighted by Gasteiger charge is 2.60. The first-order chi connectivity index (χ1) is 5.19. The molecule has 2 saturated carbocycles. The van der Waals surface area contributed by atoms with Gasteiger partial charge < -0.3 is 0 Å². The second-order valence-electron chi connectivity index (χ2n) is 4.92. The number of rotatable bonds is 2. The summed E-state index contributed by atoms with van der Waals surface area (Å²) < 4.78 is 0. The minimum atomic E-state index is 0.788. The van der Waals surface area contributed by atoms with Crippen molar-refractivity contribution in [3.63, 3.8) is 0 Å². The minimum Gasteiger partial charge on any atom is -0.0654 e. The van der Waals surface area contributed by atoms with Crippen LogP contribution in [-0.4, -0.2) is 0 Å². The lowest BCUT2D eigenvalue weighted by Crippen LogP contribution is -2.59. The lowest BCUT2D eigenvalue weighted by Gasteiger charge is -2.67. The Morgan fingerprint density at radius 1 is 1.36 bits per heavy atom. The van der Waals surface area contributed by atoms with Crippen LogP contribution in [0.25, 0.3) is 0 Å². The first kappa shape index (κ1) is 7.64. The van der Waals surface area contributed by atoms with Crippen LogP contribution in [0.2, 0.25) is 0 Å². The van der Waals surface area contributed by atoms with Gasteiger partial charge in [0.25, 0.3) is 0 Å². The van der Waals surface area contributed by atoms with Crippen molar-refractivity contribution >= 4 is 0 Å². The molecule has 2 rings (SSSR count). The van der Waals surface area contributed by atoms with E-state index in [0.29, 0.717) is 0 Å². The van der Waals surface area contributed by atoms with Gasteiger partial charge in [0.1, 0.15) is 0 Å². The molecule has 0 aromatic carbocycles. The molecule has 11 heavy (non-hydrogen) atoms. The van der Waals surface area contributed by atoms with Crippen molar-refractivity contribution in [2.75, 3.05) is 0 Å². The highest BCUT2D eigenvalue weighted by atomic mass is 14.6. The molecule has 0 bridgehead atoms. The first-order valence-corrected chi connectivity index (χ1v) is 5.19. The lowest BCUT2D eigenvalue weighted by molar-refractivity contribution is -0.180. The van der Waals surface area contributed by atoms with Gasteiger partial charge in [-0.25, -0.2) is 0 Å². The van der Waals surface area contributed by atoms with E-state index in [1.807, 2.05) is 0 Å². The molecule has 0 aromatic heterocycles. The molecule has 2 aliphatic rings. The van der Waals surface area contributed by atoms with E-state index in [4.69, 9.17) is 0 Å². The van der Waals surface area contributed by atoms with E-state index < -0.39 is 0 Å². The summed E-state index contributed by atoms with van der Waals surface area (Å²) in [7, 11) is 0. The largest absolute Gasteiger partial charge is 0.0654 e. The van der Waals surface area contributed by atoms with Crippen LogP contribution in [0, 0.1) is 23.2 Å². The third kappa shape index (κ3) is 0.761. The molecule has 0 heterocycles. The Labute approximate surface area is 70.4 Å². The van der Waals surface area contributed by atoms with Crippen LogP contribution in [0.4, 0.5) is 0 Å². The maximum atomic E-state index is 2.52. The molecule has 0 amide bonds. The van der Waals surface area contributed by atoms with Crippen molar-refractivity contribution in [2.24, 2.45) is 23.2 Å². The summed E-state index contributed by atoms with van der Waals surface area (Å²) in [5.41, 5.74) is 0.788. The summed E-state index contributed by atoms with van der Waals surface area (Å²) >= 11 is 0. The molecular formula is C11H20. The van der Waals surface area contributed by atoms with Crippen molar-refractivity contribution < 1.29 is 0 Å². The predicted octanol–water partition coefficient (Wildman–Crippen LogP) is 3.47.